The zero-order chi connectivity index (χ0) is 11.0. The summed E-state index contributed by atoms with van der Waals surface area (Å²) in [6.45, 7) is 0.891. The molecule has 88 valence electrons. The Labute approximate surface area is 100 Å². The molecule has 3 unspecified atom stereocenters. The van der Waals surface area contributed by atoms with Gasteiger partial charge in [0.05, 0.1) is 5.69 Å². The van der Waals surface area contributed by atoms with Crippen LogP contribution < -0.4 is 5.73 Å². The predicted molar refractivity (Wildman–Crippen MR) is 64.6 cm³/mol. The molecule has 3 nitrogen and oxygen atoms in total. The fourth-order valence-corrected chi connectivity index (χ4v) is 3.71. The van der Waals surface area contributed by atoms with E-state index in [-0.39, 0.29) is 6.10 Å². The highest BCUT2D eigenvalue weighted by molar-refractivity contribution is 7.09. The molecule has 2 aliphatic rings. The van der Waals surface area contributed by atoms with Crippen LogP contribution >= 0.6 is 11.3 Å². The van der Waals surface area contributed by atoms with E-state index in [1.165, 1.54) is 25.0 Å². The molecule has 1 aliphatic heterocycles. The largest absolute Gasteiger partial charge is 0.371 e. The van der Waals surface area contributed by atoms with Crippen LogP contribution in [0.15, 0.2) is 5.38 Å². The van der Waals surface area contributed by atoms with Crippen molar-refractivity contribution in [2.45, 2.75) is 50.2 Å². The molecule has 2 heterocycles. The van der Waals surface area contributed by atoms with Gasteiger partial charge in [-0.15, -0.1) is 11.3 Å². The summed E-state index contributed by atoms with van der Waals surface area (Å²) >= 11 is 1.74. The second-order valence-corrected chi connectivity index (χ2v) is 5.70. The molecule has 1 aromatic heterocycles. The van der Waals surface area contributed by atoms with Gasteiger partial charge in [0.25, 0.3) is 0 Å². The number of rotatable bonds is 2. The number of nitrogens with zero attached hydrogens (tertiary/aromatic N) is 1. The molecule has 1 aliphatic carbocycles. The Bertz CT molecular complexity index is 360. The molecule has 4 heteroatoms. The fourth-order valence-electron chi connectivity index (χ4n) is 2.75. The third kappa shape index (κ3) is 1.90. The minimum atomic E-state index is 0.261. The van der Waals surface area contributed by atoms with Crippen LogP contribution in [0.4, 0.5) is 0 Å². The van der Waals surface area contributed by atoms with Gasteiger partial charge in [0.2, 0.25) is 0 Å². The van der Waals surface area contributed by atoms with E-state index in [4.69, 9.17) is 15.5 Å². The lowest BCUT2D eigenvalue weighted by Gasteiger charge is -2.12. The van der Waals surface area contributed by atoms with Gasteiger partial charge >= 0.3 is 0 Å². The van der Waals surface area contributed by atoms with E-state index < -0.39 is 0 Å². The maximum absolute atomic E-state index is 6.11. The van der Waals surface area contributed by atoms with Gasteiger partial charge in [0.15, 0.2) is 0 Å². The first-order chi connectivity index (χ1) is 7.84. The zero-order valence-electron chi connectivity index (χ0n) is 9.39. The van der Waals surface area contributed by atoms with E-state index in [0.29, 0.717) is 12.0 Å². The monoisotopic (exact) mass is 238 g/mol. The second kappa shape index (κ2) is 4.43. The highest BCUT2D eigenvalue weighted by Crippen LogP contribution is 2.37. The van der Waals surface area contributed by atoms with Gasteiger partial charge in [-0.05, 0) is 25.7 Å². The van der Waals surface area contributed by atoms with Crippen LogP contribution in [0.2, 0.25) is 0 Å². The maximum Gasteiger partial charge on any atom is 0.122 e. The fraction of sp³-hybridized carbons (Fsp3) is 0.750. The molecule has 3 atom stereocenters. The standard InChI is InChI=1S/C12H18N2OS/c13-9-4-1-3-8(9)10-7-16-12(14-10)11-5-2-6-15-11/h7-9,11H,1-6,13H2. The van der Waals surface area contributed by atoms with Gasteiger partial charge in [0.1, 0.15) is 11.1 Å². The summed E-state index contributed by atoms with van der Waals surface area (Å²) in [6.07, 6.45) is 6.16. The Morgan fingerprint density at radius 3 is 2.94 bits per heavy atom. The Morgan fingerprint density at radius 2 is 2.25 bits per heavy atom. The van der Waals surface area contributed by atoms with Gasteiger partial charge in [-0.3, -0.25) is 0 Å². The van der Waals surface area contributed by atoms with Crippen molar-refractivity contribution in [2.24, 2.45) is 5.73 Å². The molecule has 1 saturated heterocycles. The Morgan fingerprint density at radius 1 is 1.31 bits per heavy atom. The normalized spacial score (nSPS) is 34.7. The lowest BCUT2D eigenvalue weighted by Crippen LogP contribution is -2.22. The molecular weight excluding hydrogens is 220 g/mol. The van der Waals surface area contributed by atoms with Crippen molar-refractivity contribution in [3.8, 4) is 0 Å². The van der Waals surface area contributed by atoms with Crippen molar-refractivity contribution >= 4 is 11.3 Å². The Hall–Kier alpha value is -0.450. The van der Waals surface area contributed by atoms with Crippen LogP contribution in [0, 0.1) is 0 Å². The maximum atomic E-state index is 6.11. The first-order valence-corrected chi connectivity index (χ1v) is 7.05. The van der Waals surface area contributed by atoms with Gasteiger partial charge < -0.3 is 10.5 Å². The van der Waals surface area contributed by atoms with Crippen molar-refractivity contribution in [3.05, 3.63) is 16.1 Å². The first-order valence-electron chi connectivity index (χ1n) is 6.17. The van der Waals surface area contributed by atoms with Crippen molar-refractivity contribution in [2.75, 3.05) is 6.61 Å². The SMILES string of the molecule is NC1CCCC1c1csc(C2CCCO2)n1. The topological polar surface area (TPSA) is 48.1 Å². The van der Waals surface area contributed by atoms with E-state index in [1.54, 1.807) is 11.3 Å². The molecule has 0 amide bonds. The smallest absolute Gasteiger partial charge is 0.122 e. The minimum Gasteiger partial charge on any atom is -0.371 e. The lowest BCUT2D eigenvalue weighted by molar-refractivity contribution is 0.111. The highest BCUT2D eigenvalue weighted by atomic mass is 32.1. The summed E-state index contributed by atoms with van der Waals surface area (Å²) in [5, 5.41) is 3.35. The molecule has 16 heavy (non-hydrogen) atoms. The molecule has 0 spiro atoms. The number of aromatic nitrogens is 1. The van der Waals surface area contributed by atoms with Crippen LogP contribution in [0.1, 0.15) is 54.8 Å². The van der Waals surface area contributed by atoms with Crippen LogP contribution in [-0.4, -0.2) is 17.6 Å². The number of hydrogen-bond donors (Lipinski definition) is 1. The van der Waals surface area contributed by atoms with Gasteiger partial charge in [-0.2, -0.15) is 0 Å². The number of hydrogen-bond acceptors (Lipinski definition) is 4. The molecular formula is C12H18N2OS. The number of ether oxygens (including phenoxy) is 1. The van der Waals surface area contributed by atoms with Gasteiger partial charge in [-0.25, -0.2) is 4.98 Å². The lowest BCUT2D eigenvalue weighted by atomic mass is 10.0. The molecule has 0 bridgehead atoms. The summed E-state index contributed by atoms with van der Waals surface area (Å²) in [7, 11) is 0. The Balaban J connectivity index is 1.76. The zero-order valence-corrected chi connectivity index (χ0v) is 10.2. The average Bonchev–Trinajstić information content (AvgIpc) is 2.96. The molecule has 1 aromatic rings. The average molecular weight is 238 g/mol. The van der Waals surface area contributed by atoms with Crippen LogP contribution in [0.25, 0.3) is 0 Å². The Kier molecular flexibility index (Phi) is 2.96. The van der Waals surface area contributed by atoms with Gasteiger partial charge in [0, 0.05) is 23.9 Å². The summed E-state index contributed by atoms with van der Waals surface area (Å²) in [6, 6.07) is 0.319. The molecule has 2 fully saturated rings. The van der Waals surface area contributed by atoms with E-state index in [9.17, 15) is 0 Å². The summed E-state index contributed by atoms with van der Waals surface area (Å²) in [5.74, 6) is 0.492. The van der Waals surface area contributed by atoms with Gasteiger partial charge in [-0.1, -0.05) is 6.42 Å². The predicted octanol–water partition coefficient (Wildman–Crippen LogP) is 2.59. The van der Waals surface area contributed by atoms with Crippen molar-refractivity contribution in [3.63, 3.8) is 0 Å². The van der Waals surface area contributed by atoms with E-state index in [2.05, 4.69) is 5.38 Å². The molecule has 0 aromatic carbocycles. The van der Waals surface area contributed by atoms with Crippen LogP contribution in [0.3, 0.4) is 0 Å². The highest BCUT2D eigenvalue weighted by Gasteiger charge is 2.29. The van der Waals surface area contributed by atoms with E-state index >= 15 is 0 Å². The molecule has 2 N–H and O–H groups in total. The van der Waals surface area contributed by atoms with Crippen molar-refractivity contribution < 1.29 is 4.74 Å². The summed E-state index contributed by atoms with van der Waals surface area (Å²) in [4.78, 5) is 4.74. The minimum absolute atomic E-state index is 0.261. The molecule has 1 saturated carbocycles. The third-order valence-electron chi connectivity index (χ3n) is 3.69. The van der Waals surface area contributed by atoms with Crippen LogP contribution in [0.5, 0.6) is 0 Å². The van der Waals surface area contributed by atoms with Crippen molar-refractivity contribution in [1.82, 2.24) is 4.98 Å². The molecule has 3 rings (SSSR count). The van der Waals surface area contributed by atoms with Crippen LogP contribution in [-0.2, 0) is 4.74 Å². The number of nitrogens with two attached hydrogens (primary N) is 1. The third-order valence-corrected chi connectivity index (χ3v) is 4.65. The summed E-state index contributed by atoms with van der Waals surface area (Å²) in [5.41, 5.74) is 7.32. The van der Waals surface area contributed by atoms with E-state index in [1.807, 2.05) is 0 Å². The summed E-state index contributed by atoms with van der Waals surface area (Å²) < 4.78 is 5.66. The number of thiazole rings is 1. The first kappa shape index (κ1) is 10.7. The van der Waals surface area contributed by atoms with Crippen molar-refractivity contribution in [1.29, 1.82) is 0 Å². The van der Waals surface area contributed by atoms with E-state index in [0.717, 1.165) is 24.5 Å². The molecule has 0 radical (unpaired) electrons. The second-order valence-electron chi connectivity index (χ2n) is 4.81. The quantitative estimate of drug-likeness (QED) is 0.861.